The van der Waals surface area contributed by atoms with Crippen LogP contribution >= 0.6 is 38.9 Å². The van der Waals surface area contributed by atoms with E-state index in [-0.39, 0.29) is 24.4 Å². The van der Waals surface area contributed by atoms with Gasteiger partial charge in [-0.3, -0.25) is 4.72 Å². The van der Waals surface area contributed by atoms with Gasteiger partial charge in [0.05, 0.1) is 9.47 Å². The number of nitrogens with one attached hydrogen (secondary N) is 1. The van der Waals surface area contributed by atoms with Crippen molar-refractivity contribution in [3.63, 3.8) is 0 Å². The van der Waals surface area contributed by atoms with E-state index in [4.69, 9.17) is 16.7 Å². The van der Waals surface area contributed by atoms with E-state index in [0.29, 0.717) is 5.56 Å². The van der Waals surface area contributed by atoms with Crippen LogP contribution in [0, 0.1) is 6.92 Å². The van der Waals surface area contributed by atoms with Crippen LogP contribution in [0.25, 0.3) is 0 Å². The SMILES string of the molecule is Cc1ccnc(Cl)c1NS(=O)(=O)c1cc(C(=O)O)sc1Br. The molecule has 10 heteroatoms. The number of thiophene rings is 1. The standard InChI is InChI=1S/C11H8BrClN2O4S2/c1-5-2-3-14-10(13)8(5)15-21(18,19)7-4-6(11(16)17)20-9(7)12/h2-4,15H,1H3,(H,16,17). The third-order valence-corrected chi connectivity index (χ3v) is 6.38. The Morgan fingerprint density at radius 1 is 1.52 bits per heavy atom. The number of anilines is 1. The predicted molar refractivity (Wildman–Crippen MR) is 83.8 cm³/mol. The highest BCUT2D eigenvalue weighted by Crippen LogP contribution is 2.34. The Morgan fingerprint density at radius 2 is 2.19 bits per heavy atom. The molecule has 0 saturated carbocycles. The number of hydrogen-bond donors (Lipinski definition) is 2. The average molecular weight is 412 g/mol. The molecule has 0 aliphatic rings. The molecule has 2 N–H and O–H groups in total. The summed E-state index contributed by atoms with van der Waals surface area (Å²) < 4.78 is 27.2. The highest BCUT2D eigenvalue weighted by Gasteiger charge is 2.24. The molecule has 21 heavy (non-hydrogen) atoms. The average Bonchev–Trinajstić information content (AvgIpc) is 2.77. The number of rotatable bonds is 4. The Hall–Kier alpha value is -1.16. The topological polar surface area (TPSA) is 96.4 Å². The summed E-state index contributed by atoms with van der Waals surface area (Å²) in [5.74, 6) is -1.20. The molecule has 6 nitrogen and oxygen atoms in total. The van der Waals surface area contributed by atoms with Crippen molar-refractivity contribution >= 4 is 60.5 Å². The molecular weight excluding hydrogens is 404 g/mol. The number of halogens is 2. The van der Waals surface area contributed by atoms with Crippen molar-refractivity contribution in [1.82, 2.24) is 4.98 Å². The minimum Gasteiger partial charge on any atom is -0.477 e. The molecule has 0 radical (unpaired) electrons. The van der Waals surface area contributed by atoms with E-state index in [2.05, 4.69) is 25.6 Å². The summed E-state index contributed by atoms with van der Waals surface area (Å²) in [5.41, 5.74) is 0.762. The van der Waals surface area contributed by atoms with Gasteiger partial charge in [-0.1, -0.05) is 11.6 Å². The van der Waals surface area contributed by atoms with Crippen LogP contribution in [0.3, 0.4) is 0 Å². The molecule has 0 fully saturated rings. The van der Waals surface area contributed by atoms with Crippen molar-refractivity contribution < 1.29 is 18.3 Å². The number of carboxylic acids is 1. The smallest absolute Gasteiger partial charge is 0.345 e. The monoisotopic (exact) mass is 410 g/mol. The Bertz CT molecular complexity index is 799. The van der Waals surface area contributed by atoms with Crippen LogP contribution in [0.1, 0.15) is 15.2 Å². The molecule has 0 unspecified atom stereocenters. The third kappa shape index (κ3) is 3.37. The highest BCUT2D eigenvalue weighted by molar-refractivity contribution is 9.11. The van der Waals surface area contributed by atoms with Gasteiger partial charge in [-0.2, -0.15) is 0 Å². The second-order valence-electron chi connectivity index (χ2n) is 3.95. The first-order valence-electron chi connectivity index (χ1n) is 5.39. The molecule has 0 aromatic carbocycles. The molecule has 2 heterocycles. The third-order valence-electron chi connectivity index (χ3n) is 2.51. The zero-order valence-corrected chi connectivity index (χ0v) is 14.4. The second kappa shape index (κ2) is 5.91. The Labute approximate surface area is 138 Å². The summed E-state index contributed by atoms with van der Waals surface area (Å²) in [7, 11) is -3.98. The lowest BCUT2D eigenvalue weighted by Gasteiger charge is -2.10. The first kappa shape index (κ1) is 16.2. The molecule has 0 atom stereocenters. The van der Waals surface area contributed by atoms with Crippen LogP contribution in [0.15, 0.2) is 27.0 Å². The molecule has 0 aliphatic heterocycles. The summed E-state index contributed by atoms with van der Waals surface area (Å²) in [5, 5.41) is 8.93. The van der Waals surface area contributed by atoms with E-state index in [0.717, 1.165) is 17.4 Å². The van der Waals surface area contributed by atoms with Gasteiger partial charge < -0.3 is 5.11 Å². The van der Waals surface area contributed by atoms with Gasteiger partial charge in [0.1, 0.15) is 9.77 Å². The van der Waals surface area contributed by atoms with E-state index in [1.807, 2.05) is 0 Å². The Morgan fingerprint density at radius 3 is 2.71 bits per heavy atom. The number of aromatic nitrogens is 1. The van der Waals surface area contributed by atoms with Crippen molar-refractivity contribution in [2.45, 2.75) is 11.8 Å². The number of hydrogen-bond acceptors (Lipinski definition) is 5. The minimum absolute atomic E-state index is 0.0170. The van der Waals surface area contributed by atoms with E-state index in [1.54, 1.807) is 13.0 Å². The molecular formula is C11H8BrClN2O4S2. The Kier molecular flexibility index (Phi) is 4.57. The fraction of sp³-hybridized carbons (Fsp3) is 0.0909. The lowest BCUT2D eigenvalue weighted by Crippen LogP contribution is -2.14. The maximum absolute atomic E-state index is 12.3. The Balaban J connectivity index is 2.46. The van der Waals surface area contributed by atoms with Gasteiger partial charge in [0, 0.05) is 6.20 Å². The van der Waals surface area contributed by atoms with Gasteiger partial charge in [0.2, 0.25) is 0 Å². The molecule has 2 rings (SSSR count). The predicted octanol–water partition coefficient (Wildman–Crippen LogP) is 3.37. The first-order valence-corrected chi connectivity index (χ1v) is 8.86. The molecule has 0 amide bonds. The van der Waals surface area contributed by atoms with E-state index in [1.165, 1.54) is 6.20 Å². The van der Waals surface area contributed by atoms with Crippen LogP contribution in [0.5, 0.6) is 0 Å². The van der Waals surface area contributed by atoms with Crippen LogP contribution in [0.2, 0.25) is 5.15 Å². The van der Waals surface area contributed by atoms with E-state index in [9.17, 15) is 13.2 Å². The van der Waals surface area contributed by atoms with E-state index >= 15 is 0 Å². The van der Waals surface area contributed by atoms with Crippen molar-refractivity contribution in [3.05, 3.63) is 37.7 Å². The zero-order chi connectivity index (χ0) is 15.8. The second-order valence-corrected chi connectivity index (χ2v) is 8.33. The summed E-state index contributed by atoms with van der Waals surface area (Å²) >= 11 is 9.75. The summed E-state index contributed by atoms with van der Waals surface area (Å²) in [6.45, 7) is 1.68. The first-order chi connectivity index (χ1) is 9.72. The maximum atomic E-state index is 12.3. The fourth-order valence-corrected chi connectivity index (χ4v) is 5.33. The number of carboxylic acid groups (broad SMARTS) is 1. The number of aromatic carboxylic acids is 1. The summed E-state index contributed by atoms with van der Waals surface area (Å²) in [6, 6.07) is 2.69. The van der Waals surface area contributed by atoms with Crippen LogP contribution < -0.4 is 4.72 Å². The van der Waals surface area contributed by atoms with Crippen molar-refractivity contribution in [2.75, 3.05) is 4.72 Å². The number of carbonyl (C=O) groups is 1. The van der Waals surface area contributed by atoms with Crippen LogP contribution in [0.4, 0.5) is 5.69 Å². The lowest BCUT2D eigenvalue weighted by atomic mass is 10.3. The maximum Gasteiger partial charge on any atom is 0.345 e. The van der Waals surface area contributed by atoms with Crippen molar-refractivity contribution in [2.24, 2.45) is 0 Å². The van der Waals surface area contributed by atoms with Gasteiger partial charge >= 0.3 is 5.97 Å². The van der Waals surface area contributed by atoms with E-state index < -0.39 is 16.0 Å². The molecule has 0 spiro atoms. The molecule has 112 valence electrons. The largest absolute Gasteiger partial charge is 0.477 e. The zero-order valence-electron chi connectivity index (χ0n) is 10.4. The van der Waals surface area contributed by atoms with Gasteiger partial charge in [-0.25, -0.2) is 18.2 Å². The van der Waals surface area contributed by atoms with Gasteiger partial charge in [0.25, 0.3) is 10.0 Å². The lowest BCUT2D eigenvalue weighted by molar-refractivity contribution is 0.0702. The molecule has 2 aromatic heterocycles. The quantitative estimate of drug-likeness (QED) is 0.752. The van der Waals surface area contributed by atoms with Crippen molar-refractivity contribution in [3.8, 4) is 0 Å². The number of nitrogens with zero attached hydrogens (tertiary/aromatic N) is 1. The van der Waals surface area contributed by atoms with Crippen LogP contribution in [-0.4, -0.2) is 24.5 Å². The fourth-order valence-electron chi connectivity index (χ4n) is 1.48. The normalized spacial score (nSPS) is 11.4. The van der Waals surface area contributed by atoms with Crippen LogP contribution in [-0.2, 0) is 10.0 Å². The number of pyridine rings is 1. The molecule has 0 bridgehead atoms. The molecule has 2 aromatic rings. The van der Waals surface area contributed by atoms with Crippen molar-refractivity contribution in [1.29, 1.82) is 0 Å². The summed E-state index contributed by atoms with van der Waals surface area (Å²) in [4.78, 5) is 14.5. The number of sulfonamides is 1. The molecule has 0 saturated heterocycles. The van der Waals surface area contributed by atoms with Gasteiger partial charge in [0.15, 0.2) is 5.15 Å². The van der Waals surface area contributed by atoms with Gasteiger partial charge in [-0.15, -0.1) is 11.3 Å². The molecule has 0 aliphatic carbocycles. The minimum atomic E-state index is -3.98. The number of aryl methyl sites for hydroxylation is 1. The highest BCUT2D eigenvalue weighted by atomic mass is 79.9. The summed E-state index contributed by atoms with van der Waals surface area (Å²) in [6.07, 6.45) is 1.46. The van der Waals surface area contributed by atoms with Gasteiger partial charge in [-0.05, 0) is 40.5 Å².